The number of nitrogens with one attached hydrogen (secondary N) is 1. The number of aliphatic carboxylic acids is 1. The number of carbonyl (C=O) groups is 2. The normalized spacial score (nSPS) is 12.1. The van der Waals surface area contributed by atoms with Gasteiger partial charge in [-0.3, -0.25) is 9.59 Å². The van der Waals surface area contributed by atoms with E-state index in [9.17, 15) is 9.59 Å². The fourth-order valence-electron chi connectivity index (χ4n) is 1.75. The SMILES string of the molecule is NCCOCCOCCC(OCCOCCN)OCC(=O)NCCC(=O)O. The van der Waals surface area contributed by atoms with Crippen LogP contribution in [0, 0.1) is 0 Å². The molecule has 1 atom stereocenters. The van der Waals surface area contributed by atoms with Gasteiger partial charge in [-0.05, 0) is 0 Å². The second kappa shape index (κ2) is 19.4. The van der Waals surface area contributed by atoms with Gasteiger partial charge in [-0.15, -0.1) is 0 Å². The van der Waals surface area contributed by atoms with E-state index in [-0.39, 0.29) is 26.2 Å². The van der Waals surface area contributed by atoms with Crippen LogP contribution in [0.5, 0.6) is 0 Å². The molecule has 0 fully saturated rings. The van der Waals surface area contributed by atoms with Crippen molar-refractivity contribution in [2.45, 2.75) is 19.1 Å². The van der Waals surface area contributed by atoms with Gasteiger partial charge in [-0.25, -0.2) is 0 Å². The molecule has 11 nitrogen and oxygen atoms in total. The summed E-state index contributed by atoms with van der Waals surface area (Å²) in [5, 5.41) is 11.0. The molecule has 0 saturated heterocycles. The number of ether oxygens (including phenoxy) is 5. The summed E-state index contributed by atoms with van der Waals surface area (Å²) >= 11 is 0. The number of hydrogen-bond donors (Lipinski definition) is 4. The van der Waals surface area contributed by atoms with Crippen LogP contribution in [0.4, 0.5) is 0 Å². The predicted octanol–water partition coefficient (Wildman–Crippen LogP) is -1.71. The van der Waals surface area contributed by atoms with Gasteiger partial charge in [0.2, 0.25) is 5.91 Å². The van der Waals surface area contributed by atoms with Crippen molar-refractivity contribution >= 4 is 11.9 Å². The Hall–Kier alpha value is -1.34. The molecule has 6 N–H and O–H groups in total. The smallest absolute Gasteiger partial charge is 0.305 e. The zero-order chi connectivity index (χ0) is 20.2. The molecule has 11 heteroatoms. The highest BCUT2D eigenvalue weighted by Crippen LogP contribution is 2.02. The average molecular weight is 395 g/mol. The van der Waals surface area contributed by atoms with Crippen LogP contribution in [0.3, 0.4) is 0 Å². The van der Waals surface area contributed by atoms with Crippen molar-refractivity contribution in [3.8, 4) is 0 Å². The summed E-state index contributed by atoms with van der Waals surface area (Å²) in [4.78, 5) is 22.1. The van der Waals surface area contributed by atoms with Crippen LogP contribution in [-0.2, 0) is 33.3 Å². The van der Waals surface area contributed by atoms with Crippen LogP contribution in [0.15, 0.2) is 0 Å². The summed E-state index contributed by atoms with van der Waals surface area (Å²) < 4.78 is 26.8. The molecular weight excluding hydrogens is 362 g/mol. The molecule has 0 aliphatic rings. The topological polar surface area (TPSA) is 165 Å². The van der Waals surface area contributed by atoms with Gasteiger partial charge in [0.05, 0.1) is 52.7 Å². The summed E-state index contributed by atoms with van der Waals surface area (Å²) in [6.07, 6.45) is -0.387. The minimum absolute atomic E-state index is 0.0435. The molecule has 0 aromatic heterocycles. The molecule has 0 radical (unpaired) electrons. The lowest BCUT2D eigenvalue weighted by Crippen LogP contribution is -2.33. The third-order valence-corrected chi connectivity index (χ3v) is 2.99. The Balaban J connectivity index is 4.00. The van der Waals surface area contributed by atoms with Crippen molar-refractivity contribution in [3.63, 3.8) is 0 Å². The summed E-state index contributed by atoms with van der Waals surface area (Å²) in [6.45, 7) is 3.48. The molecule has 1 unspecified atom stereocenters. The third kappa shape index (κ3) is 19.2. The first kappa shape index (κ1) is 25.7. The Kier molecular flexibility index (Phi) is 18.5. The Bertz CT molecular complexity index is 374. The van der Waals surface area contributed by atoms with Gasteiger partial charge in [-0.2, -0.15) is 0 Å². The van der Waals surface area contributed by atoms with Crippen LogP contribution in [0.2, 0.25) is 0 Å². The Morgan fingerprint density at radius 2 is 1.44 bits per heavy atom. The van der Waals surface area contributed by atoms with E-state index in [1.165, 1.54) is 0 Å². The molecule has 1 amide bonds. The minimum atomic E-state index is -0.984. The zero-order valence-electron chi connectivity index (χ0n) is 15.7. The van der Waals surface area contributed by atoms with Gasteiger partial charge >= 0.3 is 5.97 Å². The van der Waals surface area contributed by atoms with E-state index < -0.39 is 18.2 Å². The van der Waals surface area contributed by atoms with Gasteiger partial charge in [0.1, 0.15) is 6.61 Å². The fourth-order valence-corrected chi connectivity index (χ4v) is 1.75. The maximum Gasteiger partial charge on any atom is 0.305 e. The van der Waals surface area contributed by atoms with E-state index in [4.69, 9.17) is 40.3 Å². The Morgan fingerprint density at radius 1 is 0.852 bits per heavy atom. The standard InChI is InChI=1S/C16H33N3O8/c17-3-7-24-10-9-23-6-2-16(26-12-11-25-8-4-18)27-13-14(20)19-5-1-15(21)22/h16H,1-13,17-18H2,(H,19,20)(H,21,22). The first-order valence-electron chi connectivity index (χ1n) is 8.95. The van der Waals surface area contributed by atoms with Crippen molar-refractivity contribution < 1.29 is 38.4 Å². The summed E-state index contributed by atoms with van der Waals surface area (Å²) in [7, 11) is 0. The fraction of sp³-hybridized carbons (Fsp3) is 0.875. The molecule has 0 aromatic carbocycles. The molecule has 0 aromatic rings. The van der Waals surface area contributed by atoms with Gasteiger partial charge in [0.15, 0.2) is 6.29 Å². The highest BCUT2D eigenvalue weighted by Gasteiger charge is 2.12. The summed E-state index contributed by atoms with van der Waals surface area (Å²) in [5.74, 6) is -1.40. The molecule has 0 heterocycles. The van der Waals surface area contributed by atoms with E-state index >= 15 is 0 Å². The number of rotatable bonds is 20. The number of carboxylic acids is 1. The second-order valence-corrected chi connectivity index (χ2v) is 5.31. The zero-order valence-corrected chi connectivity index (χ0v) is 15.7. The van der Waals surface area contributed by atoms with Crippen molar-refractivity contribution in [1.29, 1.82) is 0 Å². The highest BCUT2D eigenvalue weighted by atomic mass is 16.7. The first-order valence-corrected chi connectivity index (χ1v) is 8.95. The average Bonchev–Trinajstić information content (AvgIpc) is 2.64. The van der Waals surface area contributed by atoms with E-state index in [0.717, 1.165) is 0 Å². The first-order chi connectivity index (χ1) is 13.1. The van der Waals surface area contributed by atoms with Gasteiger partial charge in [-0.1, -0.05) is 0 Å². The number of hydrogen-bond acceptors (Lipinski definition) is 9. The molecule has 0 rings (SSSR count). The maximum atomic E-state index is 11.6. The third-order valence-electron chi connectivity index (χ3n) is 2.99. The molecule has 27 heavy (non-hydrogen) atoms. The van der Waals surface area contributed by atoms with E-state index in [1.807, 2.05) is 0 Å². The molecule has 0 spiro atoms. The van der Waals surface area contributed by atoms with Crippen LogP contribution < -0.4 is 16.8 Å². The van der Waals surface area contributed by atoms with Crippen molar-refractivity contribution in [2.75, 3.05) is 72.5 Å². The van der Waals surface area contributed by atoms with Crippen LogP contribution >= 0.6 is 0 Å². The molecule has 0 aliphatic carbocycles. The van der Waals surface area contributed by atoms with E-state index in [2.05, 4.69) is 5.32 Å². The molecular formula is C16H33N3O8. The van der Waals surface area contributed by atoms with Crippen LogP contribution in [-0.4, -0.2) is 95.8 Å². The Labute approximate surface area is 159 Å². The minimum Gasteiger partial charge on any atom is -0.481 e. The highest BCUT2D eigenvalue weighted by molar-refractivity contribution is 5.77. The maximum absolute atomic E-state index is 11.6. The lowest BCUT2D eigenvalue weighted by Gasteiger charge is -2.18. The predicted molar refractivity (Wildman–Crippen MR) is 96.1 cm³/mol. The molecule has 0 saturated carbocycles. The van der Waals surface area contributed by atoms with Gasteiger partial charge < -0.3 is 45.6 Å². The molecule has 0 bridgehead atoms. The number of amides is 1. The lowest BCUT2D eigenvalue weighted by atomic mass is 10.4. The summed E-state index contributed by atoms with van der Waals surface area (Å²) in [5.41, 5.74) is 10.6. The van der Waals surface area contributed by atoms with E-state index in [0.29, 0.717) is 59.2 Å². The molecule has 0 aliphatic heterocycles. The molecule has 160 valence electrons. The lowest BCUT2D eigenvalue weighted by molar-refractivity contribution is -0.168. The number of nitrogens with two attached hydrogens (primary N) is 2. The van der Waals surface area contributed by atoms with Crippen molar-refractivity contribution in [3.05, 3.63) is 0 Å². The monoisotopic (exact) mass is 395 g/mol. The Morgan fingerprint density at radius 3 is 2.04 bits per heavy atom. The van der Waals surface area contributed by atoms with Crippen molar-refractivity contribution in [1.82, 2.24) is 5.32 Å². The summed E-state index contributed by atoms with van der Waals surface area (Å²) in [6, 6.07) is 0. The van der Waals surface area contributed by atoms with Crippen LogP contribution in [0.1, 0.15) is 12.8 Å². The van der Waals surface area contributed by atoms with Crippen LogP contribution in [0.25, 0.3) is 0 Å². The number of carboxylic acid groups (broad SMARTS) is 1. The van der Waals surface area contributed by atoms with Gasteiger partial charge in [0, 0.05) is 26.1 Å². The quantitative estimate of drug-likeness (QED) is 0.138. The van der Waals surface area contributed by atoms with Crippen molar-refractivity contribution in [2.24, 2.45) is 11.5 Å². The van der Waals surface area contributed by atoms with E-state index in [1.54, 1.807) is 0 Å². The van der Waals surface area contributed by atoms with Gasteiger partial charge in [0.25, 0.3) is 0 Å². The largest absolute Gasteiger partial charge is 0.481 e. The number of carbonyl (C=O) groups excluding carboxylic acids is 1. The second-order valence-electron chi connectivity index (χ2n) is 5.31.